The smallest absolute Gasteiger partial charge is 0.407 e. The monoisotopic (exact) mass is 395 g/mol. The Morgan fingerprint density at radius 2 is 1.90 bits per heavy atom. The molecule has 3 heterocycles. The molecular weight excluding hydrogens is 366 g/mol. The number of amides is 1. The van der Waals surface area contributed by atoms with Crippen LogP contribution in [-0.4, -0.2) is 63.2 Å². The molecule has 2 aliphatic rings. The van der Waals surface area contributed by atoms with Crippen molar-refractivity contribution in [3.05, 3.63) is 42.2 Å². The lowest BCUT2D eigenvalue weighted by molar-refractivity contribution is 0.102. The van der Waals surface area contributed by atoms with Crippen LogP contribution in [0.1, 0.15) is 37.8 Å². The summed E-state index contributed by atoms with van der Waals surface area (Å²) in [5, 5.41) is 12.7. The topological polar surface area (TPSA) is 81.6 Å². The van der Waals surface area contributed by atoms with Gasteiger partial charge in [0.25, 0.3) is 0 Å². The number of aromatic nitrogens is 2. The molecule has 7 heteroatoms. The zero-order chi connectivity index (χ0) is 20.1. The molecule has 1 aliphatic heterocycles. The van der Waals surface area contributed by atoms with Crippen LogP contribution in [-0.2, 0) is 6.54 Å². The van der Waals surface area contributed by atoms with Gasteiger partial charge in [0.05, 0.1) is 11.4 Å². The Morgan fingerprint density at radius 3 is 2.66 bits per heavy atom. The van der Waals surface area contributed by atoms with Gasteiger partial charge in [0.15, 0.2) is 0 Å². The molecule has 0 spiro atoms. The molecule has 0 atom stereocenters. The lowest BCUT2D eigenvalue weighted by Crippen LogP contribution is -2.47. The molecule has 2 N–H and O–H groups in total. The van der Waals surface area contributed by atoms with Crippen LogP contribution in [0.3, 0.4) is 0 Å². The van der Waals surface area contributed by atoms with Gasteiger partial charge in [0, 0.05) is 50.5 Å². The van der Waals surface area contributed by atoms with Gasteiger partial charge in [0.1, 0.15) is 5.82 Å². The summed E-state index contributed by atoms with van der Waals surface area (Å²) in [6.07, 6.45) is 7.38. The van der Waals surface area contributed by atoms with Crippen molar-refractivity contribution in [2.45, 2.75) is 44.7 Å². The third-order valence-electron chi connectivity index (χ3n) is 5.85. The van der Waals surface area contributed by atoms with E-state index in [0.29, 0.717) is 19.1 Å². The first-order valence-electron chi connectivity index (χ1n) is 10.6. The van der Waals surface area contributed by atoms with E-state index in [2.05, 4.69) is 21.3 Å². The van der Waals surface area contributed by atoms with E-state index in [0.717, 1.165) is 42.4 Å². The number of nitrogens with zero attached hydrogens (tertiary/aromatic N) is 4. The molecular formula is C22H29N5O2. The number of carboxylic acid groups (broad SMARTS) is 1. The number of pyridine rings is 2. The summed E-state index contributed by atoms with van der Waals surface area (Å²) in [6.45, 7) is 3.32. The Morgan fingerprint density at radius 1 is 1.10 bits per heavy atom. The van der Waals surface area contributed by atoms with Crippen LogP contribution in [0.25, 0.3) is 11.3 Å². The lowest BCUT2D eigenvalue weighted by Gasteiger charge is -2.32. The third-order valence-corrected chi connectivity index (χ3v) is 5.85. The van der Waals surface area contributed by atoms with Crippen molar-refractivity contribution in [3.63, 3.8) is 0 Å². The highest BCUT2D eigenvalue weighted by molar-refractivity contribution is 5.65. The predicted molar refractivity (Wildman–Crippen MR) is 113 cm³/mol. The highest BCUT2D eigenvalue weighted by Crippen LogP contribution is 2.24. The second-order valence-electron chi connectivity index (χ2n) is 7.97. The molecule has 2 fully saturated rings. The van der Waals surface area contributed by atoms with Crippen LogP contribution in [0.4, 0.5) is 10.6 Å². The fraction of sp³-hybridized carbons (Fsp3) is 0.500. The van der Waals surface area contributed by atoms with Crippen molar-refractivity contribution in [3.8, 4) is 11.3 Å². The zero-order valence-electron chi connectivity index (χ0n) is 16.8. The van der Waals surface area contributed by atoms with Crippen molar-refractivity contribution in [2.75, 3.05) is 31.5 Å². The maximum atomic E-state index is 11.1. The number of piperazine rings is 1. The maximum absolute atomic E-state index is 11.1. The van der Waals surface area contributed by atoms with E-state index in [1.807, 2.05) is 30.5 Å². The summed E-state index contributed by atoms with van der Waals surface area (Å²) in [4.78, 5) is 24.1. The van der Waals surface area contributed by atoms with Crippen molar-refractivity contribution >= 4 is 11.9 Å². The zero-order valence-corrected chi connectivity index (χ0v) is 16.8. The molecule has 2 aromatic heterocycles. The average molecular weight is 396 g/mol. The highest BCUT2D eigenvalue weighted by Gasteiger charge is 2.20. The second-order valence-corrected chi connectivity index (χ2v) is 7.97. The molecule has 29 heavy (non-hydrogen) atoms. The standard InChI is InChI=1S/C22H29N5O2/c28-22(29)27-13-11-26(12-14-27)16-19-7-4-8-20(24-19)17-9-10-23-21(15-17)25-18-5-2-1-3-6-18/h4,7-10,15,18H,1-3,5-6,11-14,16H2,(H,23,25)(H,28,29). The minimum absolute atomic E-state index is 0.523. The van der Waals surface area contributed by atoms with Crippen LogP contribution >= 0.6 is 0 Å². The van der Waals surface area contributed by atoms with Gasteiger partial charge in [-0.3, -0.25) is 9.88 Å². The number of carbonyl (C=O) groups is 1. The molecule has 1 saturated carbocycles. The summed E-state index contributed by atoms with van der Waals surface area (Å²) in [7, 11) is 0. The summed E-state index contributed by atoms with van der Waals surface area (Å²) in [6, 6.07) is 10.7. The minimum Gasteiger partial charge on any atom is -0.465 e. The van der Waals surface area contributed by atoms with Gasteiger partial charge in [0.2, 0.25) is 0 Å². The molecule has 1 saturated heterocycles. The Kier molecular flexibility index (Phi) is 6.24. The van der Waals surface area contributed by atoms with Gasteiger partial charge in [-0.25, -0.2) is 9.78 Å². The molecule has 154 valence electrons. The van der Waals surface area contributed by atoms with Gasteiger partial charge in [-0.2, -0.15) is 0 Å². The molecule has 1 aliphatic carbocycles. The number of hydrogen-bond acceptors (Lipinski definition) is 5. The number of rotatable bonds is 5. The fourth-order valence-electron chi connectivity index (χ4n) is 4.18. The number of nitrogens with one attached hydrogen (secondary N) is 1. The van der Waals surface area contributed by atoms with Crippen LogP contribution in [0.5, 0.6) is 0 Å². The van der Waals surface area contributed by atoms with Gasteiger partial charge >= 0.3 is 6.09 Å². The van der Waals surface area contributed by atoms with Crippen LogP contribution in [0.15, 0.2) is 36.5 Å². The van der Waals surface area contributed by atoms with Crippen LogP contribution < -0.4 is 5.32 Å². The fourth-order valence-corrected chi connectivity index (χ4v) is 4.18. The summed E-state index contributed by atoms with van der Waals surface area (Å²) >= 11 is 0. The Balaban J connectivity index is 1.40. The molecule has 1 amide bonds. The Hall–Kier alpha value is -2.67. The van der Waals surface area contributed by atoms with Gasteiger partial charge in [-0.15, -0.1) is 0 Å². The first kappa shape index (κ1) is 19.6. The van der Waals surface area contributed by atoms with Crippen molar-refractivity contribution in [1.29, 1.82) is 0 Å². The quantitative estimate of drug-likeness (QED) is 0.804. The maximum Gasteiger partial charge on any atom is 0.407 e. The summed E-state index contributed by atoms with van der Waals surface area (Å²) in [5.41, 5.74) is 3.02. The normalized spacial score (nSPS) is 18.6. The molecule has 0 unspecified atom stereocenters. The largest absolute Gasteiger partial charge is 0.465 e. The molecule has 4 rings (SSSR count). The Bertz CT molecular complexity index is 829. The van der Waals surface area contributed by atoms with Gasteiger partial charge in [-0.1, -0.05) is 25.3 Å². The molecule has 2 aromatic rings. The highest BCUT2D eigenvalue weighted by atomic mass is 16.4. The van der Waals surface area contributed by atoms with E-state index in [1.54, 1.807) is 0 Å². The summed E-state index contributed by atoms with van der Waals surface area (Å²) < 4.78 is 0. The minimum atomic E-state index is -0.833. The van der Waals surface area contributed by atoms with Gasteiger partial charge < -0.3 is 15.3 Å². The van der Waals surface area contributed by atoms with Crippen molar-refractivity contribution < 1.29 is 9.90 Å². The number of hydrogen-bond donors (Lipinski definition) is 2. The SMILES string of the molecule is O=C(O)N1CCN(Cc2cccc(-c3ccnc(NC4CCCCC4)c3)n2)CC1. The van der Waals surface area contributed by atoms with E-state index in [-0.39, 0.29) is 0 Å². The van der Waals surface area contributed by atoms with E-state index >= 15 is 0 Å². The predicted octanol–water partition coefficient (Wildman–Crippen LogP) is 3.68. The summed E-state index contributed by atoms with van der Waals surface area (Å²) in [5.74, 6) is 0.923. The van der Waals surface area contributed by atoms with Crippen molar-refractivity contribution in [2.24, 2.45) is 0 Å². The first-order valence-corrected chi connectivity index (χ1v) is 10.6. The van der Waals surface area contributed by atoms with Crippen molar-refractivity contribution in [1.82, 2.24) is 19.8 Å². The average Bonchev–Trinajstić information content (AvgIpc) is 2.75. The third kappa shape index (κ3) is 5.23. The molecule has 0 aromatic carbocycles. The second kappa shape index (κ2) is 9.22. The molecule has 0 bridgehead atoms. The lowest BCUT2D eigenvalue weighted by atomic mass is 9.95. The van der Waals surface area contributed by atoms with Crippen LogP contribution in [0.2, 0.25) is 0 Å². The van der Waals surface area contributed by atoms with Crippen LogP contribution in [0, 0.1) is 0 Å². The van der Waals surface area contributed by atoms with E-state index < -0.39 is 6.09 Å². The van der Waals surface area contributed by atoms with Gasteiger partial charge in [-0.05, 0) is 37.1 Å². The first-order chi connectivity index (χ1) is 14.2. The number of anilines is 1. The molecule has 0 radical (unpaired) electrons. The van der Waals surface area contributed by atoms with E-state index in [9.17, 15) is 4.79 Å². The van der Waals surface area contributed by atoms with E-state index in [4.69, 9.17) is 10.1 Å². The van der Waals surface area contributed by atoms with E-state index in [1.165, 1.54) is 37.0 Å². The molecule has 7 nitrogen and oxygen atoms in total. The Labute approximate surface area is 171 Å².